The van der Waals surface area contributed by atoms with Crippen LogP contribution >= 0.6 is 0 Å². The van der Waals surface area contributed by atoms with Crippen molar-refractivity contribution >= 4 is 33.6 Å². The zero-order valence-corrected chi connectivity index (χ0v) is 10.1. The van der Waals surface area contributed by atoms with Gasteiger partial charge in [0, 0.05) is 47.1 Å². The molecule has 1 aliphatic heterocycles. The van der Waals surface area contributed by atoms with Crippen LogP contribution in [-0.4, -0.2) is 33.8 Å². The summed E-state index contributed by atoms with van der Waals surface area (Å²) in [7, 11) is -0.687. The molecule has 1 aromatic carbocycles. The zero-order valence-electron chi connectivity index (χ0n) is 9.26. The highest BCUT2D eigenvalue weighted by Crippen LogP contribution is 2.24. The SMILES string of the molecule is Nc1ccc2nc(N3CCS(=O)CC3)oc2c1. The van der Waals surface area contributed by atoms with Crippen molar-refractivity contribution in [3.05, 3.63) is 18.2 Å². The standard InChI is InChI=1S/C11H13N3O2S/c12-8-1-2-9-10(7-8)16-11(13-9)14-3-5-17(15)6-4-14/h1-2,7H,3-6,12H2. The molecule has 90 valence electrons. The van der Waals surface area contributed by atoms with E-state index < -0.39 is 10.8 Å². The number of oxazole rings is 1. The van der Waals surface area contributed by atoms with Crippen LogP contribution in [0.5, 0.6) is 0 Å². The molecular formula is C11H13N3O2S. The normalized spacial score (nSPS) is 17.8. The zero-order chi connectivity index (χ0) is 11.8. The van der Waals surface area contributed by atoms with Gasteiger partial charge in [0.1, 0.15) is 5.52 Å². The van der Waals surface area contributed by atoms with Crippen LogP contribution in [0.1, 0.15) is 0 Å². The van der Waals surface area contributed by atoms with Gasteiger partial charge in [-0.2, -0.15) is 4.98 Å². The van der Waals surface area contributed by atoms with E-state index in [9.17, 15) is 4.21 Å². The molecule has 0 amide bonds. The molecule has 1 aromatic heterocycles. The minimum absolute atomic E-state index is 0.599. The third-order valence-corrected chi connectivity index (χ3v) is 4.13. The molecule has 1 aliphatic rings. The maximum Gasteiger partial charge on any atom is 0.298 e. The van der Waals surface area contributed by atoms with E-state index in [0.29, 0.717) is 28.8 Å². The van der Waals surface area contributed by atoms with Gasteiger partial charge in [-0.25, -0.2) is 0 Å². The Morgan fingerprint density at radius 2 is 2.12 bits per heavy atom. The fourth-order valence-corrected chi connectivity index (χ4v) is 2.95. The van der Waals surface area contributed by atoms with Gasteiger partial charge in [0.2, 0.25) is 0 Å². The molecule has 17 heavy (non-hydrogen) atoms. The molecule has 1 saturated heterocycles. The molecule has 2 heterocycles. The van der Waals surface area contributed by atoms with Crippen LogP contribution in [-0.2, 0) is 10.8 Å². The van der Waals surface area contributed by atoms with Gasteiger partial charge in [-0.3, -0.25) is 4.21 Å². The second kappa shape index (κ2) is 4.03. The Kier molecular flexibility index (Phi) is 2.51. The van der Waals surface area contributed by atoms with Crippen LogP contribution in [0, 0.1) is 0 Å². The second-order valence-electron chi connectivity index (χ2n) is 4.06. The number of nitrogens with zero attached hydrogens (tertiary/aromatic N) is 2. The molecule has 0 aliphatic carbocycles. The molecule has 0 atom stereocenters. The minimum Gasteiger partial charge on any atom is -0.423 e. The number of nitrogens with two attached hydrogens (primary N) is 1. The van der Waals surface area contributed by atoms with Crippen LogP contribution in [0.2, 0.25) is 0 Å². The van der Waals surface area contributed by atoms with Crippen LogP contribution in [0.4, 0.5) is 11.7 Å². The summed E-state index contributed by atoms with van der Waals surface area (Å²) < 4.78 is 16.9. The topological polar surface area (TPSA) is 72.4 Å². The molecule has 0 bridgehead atoms. The lowest BCUT2D eigenvalue weighted by atomic mass is 10.3. The molecule has 6 heteroatoms. The van der Waals surface area contributed by atoms with Gasteiger partial charge in [-0.15, -0.1) is 0 Å². The summed E-state index contributed by atoms with van der Waals surface area (Å²) >= 11 is 0. The van der Waals surface area contributed by atoms with Crippen molar-refractivity contribution in [1.29, 1.82) is 0 Å². The Morgan fingerprint density at radius 3 is 2.88 bits per heavy atom. The third kappa shape index (κ3) is 2.00. The van der Waals surface area contributed by atoms with Crippen molar-refractivity contribution in [2.75, 3.05) is 35.2 Å². The van der Waals surface area contributed by atoms with Crippen LogP contribution in [0.25, 0.3) is 11.1 Å². The van der Waals surface area contributed by atoms with E-state index in [1.54, 1.807) is 12.1 Å². The molecule has 0 unspecified atom stereocenters. The van der Waals surface area contributed by atoms with Crippen LogP contribution in [0.15, 0.2) is 22.6 Å². The number of hydrogen-bond donors (Lipinski definition) is 1. The van der Waals surface area contributed by atoms with Crippen LogP contribution in [0.3, 0.4) is 0 Å². The lowest BCUT2D eigenvalue weighted by molar-refractivity contribution is 0.572. The van der Waals surface area contributed by atoms with E-state index in [2.05, 4.69) is 4.98 Å². The molecule has 0 radical (unpaired) electrons. The molecular weight excluding hydrogens is 238 g/mol. The molecule has 2 N–H and O–H groups in total. The molecule has 2 aromatic rings. The third-order valence-electron chi connectivity index (χ3n) is 2.85. The molecule has 3 rings (SSSR count). The first-order valence-corrected chi connectivity index (χ1v) is 6.97. The number of nitrogen functional groups attached to an aromatic ring is 1. The quantitative estimate of drug-likeness (QED) is 0.765. The largest absolute Gasteiger partial charge is 0.423 e. The highest BCUT2D eigenvalue weighted by Gasteiger charge is 2.19. The number of fused-ring (bicyclic) bond motifs is 1. The predicted octanol–water partition coefficient (Wildman–Crippen LogP) is 0.979. The van der Waals surface area contributed by atoms with E-state index >= 15 is 0 Å². The Morgan fingerprint density at radius 1 is 1.35 bits per heavy atom. The van der Waals surface area contributed by atoms with Crippen molar-refractivity contribution in [2.45, 2.75) is 0 Å². The lowest BCUT2D eigenvalue weighted by Crippen LogP contribution is -2.37. The smallest absolute Gasteiger partial charge is 0.298 e. The van der Waals surface area contributed by atoms with Gasteiger partial charge < -0.3 is 15.1 Å². The Balaban J connectivity index is 1.92. The van der Waals surface area contributed by atoms with Crippen molar-refractivity contribution in [1.82, 2.24) is 4.98 Å². The number of anilines is 2. The highest BCUT2D eigenvalue weighted by molar-refractivity contribution is 7.85. The highest BCUT2D eigenvalue weighted by atomic mass is 32.2. The first-order chi connectivity index (χ1) is 8.22. The summed E-state index contributed by atoms with van der Waals surface area (Å²) in [5.74, 6) is 1.36. The van der Waals surface area contributed by atoms with E-state index in [0.717, 1.165) is 18.6 Å². The first-order valence-electron chi connectivity index (χ1n) is 5.48. The Labute approximate surface area is 101 Å². The van der Waals surface area contributed by atoms with Gasteiger partial charge in [0.05, 0.1) is 0 Å². The average Bonchev–Trinajstić information content (AvgIpc) is 2.72. The maximum atomic E-state index is 11.3. The number of aromatic nitrogens is 1. The van der Waals surface area contributed by atoms with E-state index in [4.69, 9.17) is 10.2 Å². The fourth-order valence-electron chi connectivity index (χ4n) is 1.89. The van der Waals surface area contributed by atoms with Gasteiger partial charge in [-0.1, -0.05) is 0 Å². The monoisotopic (exact) mass is 251 g/mol. The molecule has 5 nitrogen and oxygen atoms in total. The Hall–Kier alpha value is -1.56. The summed E-state index contributed by atoms with van der Waals surface area (Å²) in [5.41, 5.74) is 7.86. The number of hydrogen-bond acceptors (Lipinski definition) is 5. The molecule has 1 fully saturated rings. The summed E-state index contributed by atoms with van der Waals surface area (Å²) in [5, 5.41) is 0. The van der Waals surface area contributed by atoms with Crippen molar-refractivity contribution in [3.63, 3.8) is 0 Å². The summed E-state index contributed by atoms with van der Waals surface area (Å²) in [6, 6.07) is 6.02. The summed E-state index contributed by atoms with van der Waals surface area (Å²) in [4.78, 5) is 6.43. The van der Waals surface area contributed by atoms with Gasteiger partial charge in [0.25, 0.3) is 6.01 Å². The minimum atomic E-state index is -0.687. The summed E-state index contributed by atoms with van der Waals surface area (Å²) in [6.07, 6.45) is 0. The predicted molar refractivity (Wildman–Crippen MR) is 68.5 cm³/mol. The van der Waals surface area contributed by atoms with Gasteiger partial charge in [0.15, 0.2) is 5.58 Å². The number of rotatable bonds is 1. The van der Waals surface area contributed by atoms with Crippen molar-refractivity contribution in [2.24, 2.45) is 0 Å². The van der Waals surface area contributed by atoms with Crippen LogP contribution < -0.4 is 10.6 Å². The fraction of sp³-hybridized carbons (Fsp3) is 0.364. The van der Waals surface area contributed by atoms with E-state index in [-0.39, 0.29) is 0 Å². The van der Waals surface area contributed by atoms with E-state index in [1.165, 1.54) is 0 Å². The lowest BCUT2D eigenvalue weighted by Gasteiger charge is -2.24. The van der Waals surface area contributed by atoms with E-state index in [1.807, 2.05) is 11.0 Å². The Bertz CT molecular complexity index is 571. The molecule has 0 spiro atoms. The summed E-state index contributed by atoms with van der Waals surface area (Å²) in [6.45, 7) is 1.46. The second-order valence-corrected chi connectivity index (χ2v) is 5.75. The van der Waals surface area contributed by atoms with Gasteiger partial charge in [-0.05, 0) is 12.1 Å². The first kappa shape index (κ1) is 10.6. The van der Waals surface area contributed by atoms with Gasteiger partial charge >= 0.3 is 0 Å². The van der Waals surface area contributed by atoms with Crippen molar-refractivity contribution < 1.29 is 8.63 Å². The number of benzene rings is 1. The average molecular weight is 251 g/mol. The van der Waals surface area contributed by atoms with Crippen molar-refractivity contribution in [3.8, 4) is 0 Å². The maximum absolute atomic E-state index is 11.3. The molecule has 0 saturated carbocycles.